The van der Waals surface area contributed by atoms with E-state index in [2.05, 4.69) is 20.4 Å². The van der Waals surface area contributed by atoms with Gasteiger partial charge < -0.3 is 19.7 Å². The van der Waals surface area contributed by atoms with E-state index in [1.54, 1.807) is 18.2 Å². The lowest BCUT2D eigenvalue weighted by molar-refractivity contribution is -0.118. The average molecular weight is 426 g/mol. The fourth-order valence-corrected chi connectivity index (χ4v) is 3.13. The minimum absolute atomic E-state index is 0.194. The molecule has 0 spiro atoms. The Hall–Kier alpha value is -3.59. The number of halogens is 2. The van der Waals surface area contributed by atoms with E-state index < -0.39 is 24.1 Å². The van der Waals surface area contributed by atoms with E-state index in [1.165, 1.54) is 0 Å². The lowest BCUT2D eigenvalue weighted by atomic mass is 10.1. The van der Waals surface area contributed by atoms with Crippen LogP contribution in [-0.4, -0.2) is 49.0 Å². The van der Waals surface area contributed by atoms with Crippen LogP contribution in [0.3, 0.4) is 0 Å². The Bertz CT molecular complexity index is 1060. The number of carbonyl (C=O) groups excluding carboxylic acids is 1. The molecular weight excluding hydrogens is 406 g/mol. The van der Waals surface area contributed by atoms with Crippen molar-refractivity contribution in [2.75, 3.05) is 43.1 Å². The SMILES string of the molecule is O=C(COc1ccc(F)cc1F)Nc1cccc(-c2ccc(N3CCOCC3)nn2)c1. The molecule has 1 aliphatic heterocycles. The number of benzene rings is 2. The molecule has 2 aromatic carbocycles. The van der Waals surface area contributed by atoms with Gasteiger partial charge in [0.1, 0.15) is 5.82 Å². The van der Waals surface area contributed by atoms with Gasteiger partial charge in [-0.25, -0.2) is 8.78 Å². The van der Waals surface area contributed by atoms with E-state index >= 15 is 0 Å². The fraction of sp³-hybridized carbons (Fsp3) is 0.227. The topological polar surface area (TPSA) is 76.6 Å². The Morgan fingerprint density at radius 2 is 1.90 bits per heavy atom. The van der Waals surface area contributed by atoms with Gasteiger partial charge in [0.15, 0.2) is 24.0 Å². The molecule has 1 amide bonds. The highest BCUT2D eigenvalue weighted by molar-refractivity contribution is 5.92. The normalized spacial score (nSPS) is 13.7. The molecule has 0 saturated carbocycles. The van der Waals surface area contributed by atoms with Crippen molar-refractivity contribution in [2.24, 2.45) is 0 Å². The van der Waals surface area contributed by atoms with E-state index in [1.807, 2.05) is 18.2 Å². The summed E-state index contributed by atoms with van der Waals surface area (Å²) < 4.78 is 37.0. The summed E-state index contributed by atoms with van der Waals surface area (Å²) in [4.78, 5) is 14.3. The van der Waals surface area contributed by atoms with Crippen LogP contribution < -0.4 is 15.0 Å². The van der Waals surface area contributed by atoms with E-state index in [-0.39, 0.29) is 5.75 Å². The Morgan fingerprint density at radius 1 is 1.06 bits per heavy atom. The van der Waals surface area contributed by atoms with Gasteiger partial charge in [0.05, 0.1) is 18.9 Å². The number of nitrogens with one attached hydrogen (secondary N) is 1. The van der Waals surface area contributed by atoms with Gasteiger partial charge in [0.2, 0.25) is 0 Å². The van der Waals surface area contributed by atoms with Gasteiger partial charge in [-0.05, 0) is 36.4 Å². The molecule has 1 aromatic heterocycles. The van der Waals surface area contributed by atoms with Crippen LogP contribution >= 0.6 is 0 Å². The van der Waals surface area contributed by atoms with E-state index in [0.29, 0.717) is 30.7 Å². The predicted molar refractivity (Wildman–Crippen MR) is 111 cm³/mol. The lowest BCUT2D eigenvalue weighted by Gasteiger charge is -2.27. The highest BCUT2D eigenvalue weighted by atomic mass is 19.1. The molecule has 0 aliphatic carbocycles. The Morgan fingerprint density at radius 3 is 2.65 bits per heavy atom. The maximum Gasteiger partial charge on any atom is 0.262 e. The number of hydrogen-bond donors (Lipinski definition) is 1. The fourth-order valence-electron chi connectivity index (χ4n) is 3.13. The third kappa shape index (κ3) is 5.32. The number of amides is 1. The zero-order valence-electron chi connectivity index (χ0n) is 16.6. The number of morpholine rings is 1. The first-order valence-electron chi connectivity index (χ1n) is 9.73. The number of carbonyl (C=O) groups is 1. The summed E-state index contributed by atoms with van der Waals surface area (Å²) in [7, 11) is 0. The molecule has 1 fully saturated rings. The van der Waals surface area contributed by atoms with Gasteiger partial charge >= 0.3 is 0 Å². The van der Waals surface area contributed by atoms with E-state index in [9.17, 15) is 13.6 Å². The van der Waals surface area contributed by atoms with Crippen LogP contribution in [-0.2, 0) is 9.53 Å². The molecule has 3 aromatic rings. The summed E-state index contributed by atoms with van der Waals surface area (Å²) >= 11 is 0. The van der Waals surface area contributed by atoms with Crippen LogP contribution in [0, 0.1) is 11.6 Å². The summed E-state index contributed by atoms with van der Waals surface area (Å²) in [6.45, 7) is 2.48. The summed E-state index contributed by atoms with van der Waals surface area (Å²) in [5.74, 6) is -1.46. The van der Waals surface area contributed by atoms with Crippen molar-refractivity contribution >= 4 is 17.4 Å². The predicted octanol–water partition coefficient (Wildman–Crippen LogP) is 3.28. The van der Waals surface area contributed by atoms with E-state index in [4.69, 9.17) is 9.47 Å². The van der Waals surface area contributed by atoms with Crippen LogP contribution in [0.15, 0.2) is 54.6 Å². The quantitative estimate of drug-likeness (QED) is 0.652. The second kappa shape index (κ2) is 9.48. The molecule has 1 N–H and O–H groups in total. The maximum absolute atomic E-state index is 13.6. The molecule has 1 aliphatic rings. The van der Waals surface area contributed by atoms with Crippen LogP contribution in [0.5, 0.6) is 5.75 Å². The number of ether oxygens (including phenoxy) is 2. The zero-order chi connectivity index (χ0) is 21.6. The smallest absolute Gasteiger partial charge is 0.262 e. The van der Waals surface area contributed by atoms with Crippen molar-refractivity contribution in [3.63, 3.8) is 0 Å². The molecular formula is C22H20F2N4O3. The van der Waals surface area contributed by atoms with E-state index in [0.717, 1.165) is 36.6 Å². The number of aromatic nitrogens is 2. The molecule has 2 heterocycles. The lowest BCUT2D eigenvalue weighted by Crippen LogP contribution is -2.36. The summed E-state index contributed by atoms with van der Waals surface area (Å²) in [6.07, 6.45) is 0. The van der Waals surface area contributed by atoms with Crippen molar-refractivity contribution in [3.8, 4) is 17.0 Å². The summed E-state index contributed by atoms with van der Waals surface area (Å²) in [5, 5.41) is 11.3. The van der Waals surface area contributed by atoms with Crippen molar-refractivity contribution < 1.29 is 23.0 Å². The first kappa shape index (κ1) is 20.7. The molecule has 7 nitrogen and oxygen atoms in total. The Kier molecular flexibility index (Phi) is 6.32. The molecule has 4 rings (SSSR count). The average Bonchev–Trinajstić information content (AvgIpc) is 2.79. The van der Waals surface area contributed by atoms with Crippen molar-refractivity contribution in [2.45, 2.75) is 0 Å². The first-order valence-corrected chi connectivity index (χ1v) is 9.73. The second-order valence-electron chi connectivity index (χ2n) is 6.87. The minimum Gasteiger partial charge on any atom is -0.481 e. The molecule has 0 bridgehead atoms. The van der Waals surface area contributed by atoms with Gasteiger partial charge in [-0.3, -0.25) is 4.79 Å². The molecule has 9 heteroatoms. The summed E-state index contributed by atoms with van der Waals surface area (Å²) in [6, 6.07) is 13.8. The molecule has 1 saturated heterocycles. The monoisotopic (exact) mass is 426 g/mol. The molecule has 0 atom stereocenters. The van der Waals surface area contributed by atoms with Gasteiger partial charge in [-0.1, -0.05) is 12.1 Å². The van der Waals surface area contributed by atoms with Crippen LogP contribution in [0.2, 0.25) is 0 Å². The molecule has 31 heavy (non-hydrogen) atoms. The van der Waals surface area contributed by atoms with Gasteiger partial charge in [-0.15, -0.1) is 10.2 Å². The molecule has 0 unspecified atom stereocenters. The number of nitrogens with zero attached hydrogens (tertiary/aromatic N) is 3. The third-order valence-corrected chi connectivity index (χ3v) is 4.68. The standard InChI is InChI=1S/C22H20F2N4O3/c23-16-4-6-20(18(24)13-16)31-14-22(29)25-17-3-1-2-15(12-17)19-5-7-21(27-26-19)28-8-10-30-11-9-28/h1-7,12-13H,8-11,14H2,(H,25,29). The van der Waals surface area contributed by atoms with Crippen molar-refractivity contribution in [3.05, 3.63) is 66.2 Å². The first-order chi connectivity index (χ1) is 15.1. The van der Waals surface area contributed by atoms with Crippen LogP contribution in [0.4, 0.5) is 20.3 Å². The van der Waals surface area contributed by atoms with Crippen LogP contribution in [0.25, 0.3) is 11.3 Å². The van der Waals surface area contributed by atoms with Gasteiger partial charge in [-0.2, -0.15) is 0 Å². The Labute approximate surface area is 177 Å². The van der Waals surface area contributed by atoms with Crippen molar-refractivity contribution in [1.29, 1.82) is 0 Å². The minimum atomic E-state index is -0.867. The third-order valence-electron chi connectivity index (χ3n) is 4.68. The number of anilines is 2. The number of rotatable bonds is 6. The Balaban J connectivity index is 1.38. The van der Waals surface area contributed by atoms with Crippen molar-refractivity contribution in [1.82, 2.24) is 10.2 Å². The second-order valence-corrected chi connectivity index (χ2v) is 6.87. The van der Waals surface area contributed by atoms with Gasteiger partial charge in [0.25, 0.3) is 5.91 Å². The zero-order valence-corrected chi connectivity index (χ0v) is 16.6. The molecule has 160 valence electrons. The van der Waals surface area contributed by atoms with Crippen LogP contribution in [0.1, 0.15) is 0 Å². The summed E-state index contributed by atoms with van der Waals surface area (Å²) in [5.41, 5.74) is 1.98. The molecule has 0 radical (unpaired) electrons. The highest BCUT2D eigenvalue weighted by Gasteiger charge is 2.13. The number of hydrogen-bond acceptors (Lipinski definition) is 6. The maximum atomic E-state index is 13.6. The largest absolute Gasteiger partial charge is 0.481 e. The van der Waals surface area contributed by atoms with Gasteiger partial charge in [0, 0.05) is 30.4 Å². The highest BCUT2D eigenvalue weighted by Crippen LogP contribution is 2.22.